The average Bonchev–Trinajstić information content (AvgIpc) is 2.64. The molecular weight excluding hydrogens is 248 g/mol. The van der Waals surface area contributed by atoms with Gasteiger partial charge in [-0.1, -0.05) is 15.9 Å². The summed E-state index contributed by atoms with van der Waals surface area (Å²) in [5.74, 6) is 1.44. The number of hydrogen-bond acceptors (Lipinski definition) is 3. The molecule has 0 aliphatic carbocycles. The molecule has 2 rings (SSSR count). The summed E-state index contributed by atoms with van der Waals surface area (Å²) >= 11 is 3.29. The van der Waals surface area contributed by atoms with Crippen LogP contribution in [0, 0.1) is 0 Å². The van der Waals surface area contributed by atoms with Crippen LogP contribution in [0.5, 0.6) is 11.5 Å². The first-order chi connectivity index (χ1) is 6.81. The monoisotopic (exact) mass is 254 g/mol. The van der Waals surface area contributed by atoms with Crippen LogP contribution in [0.2, 0.25) is 0 Å². The molecule has 1 heterocycles. The summed E-state index contributed by atoms with van der Waals surface area (Å²) in [5.41, 5.74) is 0.890. The quantitative estimate of drug-likeness (QED) is 0.601. The van der Waals surface area contributed by atoms with Gasteiger partial charge in [-0.3, -0.25) is 4.79 Å². The number of halogens is 1. The molecule has 1 aliphatic rings. The van der Waals surface area contributed by atoms with Gasteiger partial charge in [0.05, 0.1) is 0 Å². The van der Waals surface area contributed by atoms with Crippen LogP contribution in [0.3, 0.4) is 0 Å². The highest BCUT2D eigenvalue weighted by molar-refractivity contribution is 9.15. The summed E-state index contributed by atoms with van der Waals surface area (Å²) in [7, 11) is 0. The van der Waals surface area contributed by atoms with E-state index in [1.54, 1.807) is 0 Å². The highest BCUT2D eigenvalue weighted by atomic mass is 79.9. The van der Waals surface area contributed by atoms with Crippen molar-refractivity contribution < 1.29 is 14.3 Å². The standard InChI is InChI=1S/C10H7BrO3/c11-8(3-4-12)7-1-2-9-10(5-7)14-6-13-9/h1-5H,6H2/b8-3-. The van der Waals surface area contributed by atoms with Crippen LogP contribution in [0.15, 0.2) is 24.3 Å². The molecular formula is C10H7BrO3. The minimum atomic E-state index is 0.258. The zero-order valence-corrected chi connectivity index (χ0v) is 8.78. The number of hydrogen-bond donors (Lipinski definition) is 0. The van der Waals surface area contributed by atoms with Crippen molar-refractivity contribution in [3.8, 4) is 11.5 Å². The molecule has 1 aromatic carbocycles. The van der Waals surface area contributed by atoms with Crippen LogP contribution in [-0.4, -0.2) is 13.1 Å². The zero-order chi connectivity index (χ0) is 9.97. The molecule has 4 heteroatoms. The van der Waals surface area contributed by atoms with E-state index in [-0.39, 0.29) is 6.79 Å². The van der Waals surface area contributed by atoms with Gasteiger partial charge in [0.2, 0.25) is 6.79 Å². The summed E-state index contributed by atoms with van der Waals surface area (Å²) in [6, 6.07) is 5.50. The molecule has 0 spiro atoms. The summed E-state index contributed by atoms with van der Waals surface area (Å²) in [5, 5.41) is 0. The van der Waals surface area contributed by atoms with Gasteiger partial charge in [0.15, 0.2) is 11.5 Å². The van der Waals surface area contributed by atoms with Gasteiger partial charge < -0.3 is 9.47 Å². The second-order valence-corrected chi connectivity index (χ2v) is 3.57. The fraction of sp³-hybridized carbons (Fsp3) is 0.100. The third-order valence-corrected chi connectivity index (χ3v) is 2.58. The van der Waals surface area contributed by atoms with Crippen LogP contribution in [-0.2, 0) is 4.79 Å². The summed E-state index contributed by atoms with van der Waals surface area (Å²) in [4.78, 5) is 10.3. The van der Waals surface area contributed by atoms with Gasteiger partial charge in [-0.25, -0.2) is 0 Å². The van der Waals surface area contributed by atoms with Crippen molar-refractivity contribution in [3.63, 3.8) is 0 Å². The summed E-state index contributed by atoms with van der Waals surface area (Å²) in [6.07, 6.45) is 2.17. The van der Waals surface area contributed by atoms with Crippen LogP contribution >= 0.6 is 15.9 Å². The Morgan fingerprint density at radius 1 is 1.36 bits per heavy atom. The molecule has 0 aromatic heterocycles. The lowest BCUT2D eigenvalue weighted by Gasteiger charge is -2.00. The van der Waals surface area contributed by atoms with Crippen molar-refractivity contribution in [2.45, 2.75) is 0 Å². The van der Waals surface area contributed by atoms with E-state index in [4.69, 9.17) is 9.47 Å². The lowest BCUT2D eigenvalue weighted by molar-refractivity contribution is -0.104. The van der Waals surface area contributed by atoms with Crippen LogP contribution in [0.1, 0.15) is 5.56 Å². The van der Waals surface area contributed by atoms with Crippen molar-refractivity contribution in [2.24, 2.45) is 0 Å². The molecule has 0 saturated carbocycles. The Labute approximate surface area is 89.5 Å². The first-order valence-electron chi connectivity index (χ1n) is 4.02. The smallest absolute Gasteiger partial charge is 0.231 e. The van der Waals surface area contributed by atoms with E-state index in [1.807, 2.05) is 18.2 Å². The van der Waals surface area contributed by atoms with Crippen molar-refractivity contribution in [2.75, 3.05) is 6.79 Å². The molecule has 0 fully saturated rings. The van der Waals surface area contributed by atoms with Crippen LogP contribution in [0.25, 0.3) is 4.48 Å². The van der Waals surface area contributed by atoms with Crippen LogP contribution in [0.4, 0.5) is 0 Å². The van der Waals surface area contributed by atoms with E-state index in [2.05, 4.69) is 15.9 Å². The van der Waals surface area contributed by atoms with Crippen molar-refractivity contribution >= 4 is 26.7 Å². The Bertz CT molecular complexity index is 398. The molecule has 1 aliphatic heterocycles. The number of carbonyl (C=O) groups excluding carboxylic acids is 1. The number of allylic oxidation sites excluding steroid dienone is 1. The topological polar surface area (TPSA) is 35.5 Å². The van der Waals surface area contributed by atoms with E-state index in [0.29, 0.717) is 5.75 Å². The van der Waals surface area contributed by atoms with Gasteiger partial charge >= 0.3 is 0 Å². The summed E-state index contributed by atoms with van der Waals surface area (Å²) in [6.45, 7) is 0.258. The lowest BCUT2D eigenvalue weighted by Crippen LogP contribution is -1.92. The lowest BCUT2D eigenvalue weighted by atomic mass is 10.2. The van der Waals surface area contributed by atoms with Gasteiger partial charge in [0, 0.05) is 4.48 Å². The number of ether oxygens (including phenoxy) is 2. The van der Waals surface area contributed by atoms with Gasteiger partial charge in [-0.05, 0) is 29.8 Å². The average molecular weight is 255 g/mol. The molecule has 0 N–H and O–H groups in total. The molecule has 1 aromatic rings. The maximum atomic E-state index is 10.3. The number of aldehydes is 1. The van der Waals surface area contributed by atoms with E-state index >= 15 is 0 Å². The SMILES string of the molecule is O=C/C=C(\Br)c1ccc2c(c1)OCO2. The predicted octanol–water partition coefficient (Wildman–Crippen LogP) is 2.35. The molecule has 72 valence electrons. The van der Waals surface area contributed by atoms with Gasteiger partial charge in [0.1, 0.15) is 6.29 Å². The molecule has 0 radical (unpaired) electrons. The Hall–Kier alpha value is -1.29. The second kappa shape index (κ2) is 3.84. The van der Waals surface area contributed by atoms with Gasteiger partial charge in [-0.2, -0.15) is 0 Å². The van der Waals surface area contributed by atoms with Crippen LogP contribution < -0.4 is 9.47 Å². The Morgan fingerprint density at radius 2 is 2.14 bits per heavy atom. The first-order valence-corrected chi connectivity index (χ1v) is 4.81. The van der Waals surface area contributed by atoms with Gasteiger partial charge in [-0.15, -0.1) is 0 Å². The molecule has 0 amide bonds. The van der Waals surface area contributed by atoms with Crippen molar-refractivity contribution in [1.29, 1.82) is 0 Å². The molecule has 0 bridgehead atoms. The molecule has 14 heavy (non-hydrogen) atoms. The number of benzene rings is 1. The summed E-state index contributed by atoms with van der Waals surface area (Å²) < 4.78 is 11.1. The van der Waals surface area contributed by atoms with E-state index in [1.165, 1.54) is 6.08 Å². The third-order valence-electron chi connectivity index (χ3n) is 1.86. The normalized spacial score (nSPS) is 14.2. The Kier molecular flexibility index (Phi) is 2.54. The minimum absolute atomic E-state index is 0.258. The fourth-order valence-corrected chi connectivity index (χ4v) is 1.56. The molecule has 3 nitrogen and oxygen atoms in total. The second-order valence-electron chi connectivity index (χ2n) is 2.72. The predicted molar refractivity (Wildman–Crippen MR) is 55.5 cm³/mol. The first kappa shape index (κ1) is 9.27. The molecule has 0 atom stereocenters. The highest BCUT2D eigenvalue weighted by Crippen LogP contribution is 2.35. The molecule has 0 unspecified atom stereocenters. The maximum Gasteiger partial charge on any atom is 0.231 e. The third kappa shape index (κ3) is 1.65. The van der Waals surface area contributed by atoms with E-state index in [9.17, 15) is 4.79 Å². The van der Waals surface area contributed by atoms with Gasteiger partial charge in [0.25, 0.3) is 0 Å². The molecule has 0 saturated heterocycles. The largest absolute Gasteiger partial charge is 0.454 e. The Balaban J connectivity index is 2.37. The number of carbonyl (C=O) groups is 1. The maximum absolute atomic E-state index is 10.3. The van der Waals surface area contributed by atoms with Crippen molar-refractivity contribution in [3.05, 3.63) is 29.8 Å². The van der Waals surface area contributed by atoms with E-state index in [0.717, 1.165) is 22.1 Å². The zero-order valence-electron chi connectivity index (χ0n) is 7.20. The minimum Gasteiger partial charge on any atom is -0.454 e. The number of rotatable bonds is 2. The Morgan fingerprint density at radius 3 is 2.93 bits per heavy atom. The van der Waals surface area contributed by atoms with E-state index < -0.39 is 0 Å². The fourth-order valence-electron chi connectivity index (χ4n) is 1.20. The van der Waals surface area contributed by atoms with Crippen molar-refractivity contribution in [1.82, 2.24) is 0 Å². The highest BCUT2D eigenvalue weighted by Gasteiger charge is 2.13. The number of fused-ring (bicyclic) bond motifs is 1.